The summed E-state index contributed by atoms with van der Waals surface area (Å²) in [7, 11) is 0. The number of nitrogens with two attached hydrogens (primary N) is 1. The first-order chi connectivity index (χ1) is 11.6. The molecule has 0 radical (unpaired) electrons. The van der Waals surface area contributed by atoms with Gasteiger partial charge in [-0.15, -0.1) is 0 Å². The minimum absolute atomic E-state index is 0.141. The van der Waals surface area contributed by atoms with Gasteiger partial charge in [0.25, 0.3) is 5.91 Å². The maximum atomic E-state index is 12.6. The molecule has 3 rings (SSSR count). The summed E-state index contributed by atoms with van der Waals surface area (Å²) in [5.74, 6) is -0.439. The Bertz CT molecular complexity index is 735. The minimum Gasteiger partial charge on any atom is -0.333 e. The number of nitrogens with one attached hydrogen (secondary N) is 3. The van der Waals surface area contributed by atoms with E-state index >= 15 is 0 Å². The standard InChI is InChI=1S/C16H22N6O2/c17-7-4-14(23)20-16(5-2-1-3-6-16)21-15(24)12-8-11-9-19-22-13(11)10-18-12/h8-10H,1-7,17H2,(H,19,22)(H,20,23)(H,21,24). The highest BCUT2D eigenvalue weighted by molar-refractivity contribution is 5.96. The number of H-pyrrole nitrogens is 1. The van der Waals surface area contributed by atoms with E-state index in [0.29, 0.717) is 18.5 Å². The summed E-state index contributed by atoms with van der Waals surface area (Å²) in [6.45, 7) is 0.286. The number of rotatable bonds is 5. The van der Waals surface area contributed by atoms with Crippen LogP contribution in [0.15, 0.2) is 18.5 Å². The van der Waals surface area contributed by atoms with E-state index < -0.39 is 5.66 Å². The molecular formula is C16H22N6O2. The molecule has 2 aromatic rings. The van der Waals surface area contributed by atoms with Crippen LogP contribution in [0.4, 0.5) is 0 Å². The lowest BCUT2D eigenvalue weighted by Gasteiger charge is -2.38. The smallest absolute Gasteiger partial charge is 0.271 e. The van der Waals surface area contributed by atoms with Gasteiger partial charge in [-0.05, 0) is 31.7 Å². The quantitative estimate of drug-likeness (QED) is 0.604. The topological polar surface area (TPSA) is 126 Å². The van der Waals surface area contributed by atoms with Crippen LogP contribution in [0.25, 0.3) is 10.9 Å². The van der Waals surface area contributed by atoms with Crippen LogP contribution in [0, 0.1) is 0 Å². The Morgan fingerprint density at radius 2 is 2.00 bits per heavy atom. The average Bonchev–Trinajstić information content (AvgIpc) is 3.03. The number of aromatic nitrogens is 3. The Kier molecular flexibility index (Phi) is 4.75. The summed E-state index contributed by atoms with van der Waals surface area (Å²) >= 11 is 0. The van der Waals surface area contributed by atoms with Crippen LogP contribution in [-0.2, 0) is 4.79 Å². The van der Waals surface area contributed by atoms with Gasteiger partial charge in [-0.3, -0.25) is 14.7 Å². The maximum Gasteiger partial charge on any atom is 0.271 e. The number of fused-ring (bicyclic) bond motifs is 1. The molecule has 8 heteroatoms. The first kappa shape index (κ1) is 16.4. The summed E-state index contributed by atoms with van der Waals surface area (Å²) < 4.78 is 0. The van der Waals surface area contributed by atoms with Crippen molar-refractivity contribution in [1.29, 1.82) is 0 Å². The van der Waals surface area contributed by atoms with E-state index in [1.807, 2.05) is 0 Å². The zero-order valence-corrected chi connectivity index (χ0v) is 13.5. The molecule has 2 amide bonds. The van der Waals surface area contributed by atoms with Crippen molar-refractivity contribution in [3.05, 3.63) is 24.2 Å². The molecule has 0 aliphatic heterocycles. The number of carbonyl (C=O) groups is 2. The summed E-state index contributed by atoms with van der Waals surface area (Å²) in [4.78, 5) is 28.8. The van der Waals surface area contributed by atoms with Crippen molar-refractivity contribution in [1.82, 2.24) is 25.8 Å². The van der Waals surface area contributed by atoms with Gasteiger partial charge < -0.3 is 16.4 Å². The van der Waals surface area contributed by atoms with Gasteiger partial charge in [0.15, 0.2) is 0 Å². The van der Waals surface area contributed by atoms with Crippen LogP contribution in [0.2, 0.25) is 0 Å². The zero-order valence-electron chi connectivity index (χ0n) is 13.5. The summed E-state index contributed by atoms with van der Waals surface area (Å²) in [5, 5.41) is 13.5. The lowest BCUT2D eigenvalue weighted by molar-refractivity contribution is -0.123. The highest BCUT2D eigenvalue weighted by atomic mass is 16.2. The third-order valence-corrected chi connectivity index (χ3v) is 4.37. The predicted molar refractivity (Wildman–Crippen MR) is 89.0 cm³/mol. The molecule has 1 aliphatic rings. The normalized spacial score (nSPS) is 16.7. The summed E-state index contributed by atoms with van der Waals surface area (Å²) in [6.07, 6.45) is 7.91. The summed E-state index contributed by atoms with van der Waals surface area (Å²) in [6, 6.07) is 1.69. The van der Waals surface area contributed by atoms with E-state index in [-0.39, 0.29) is 24.8 Å². The van der Waals surface area contributed by atoms with Crippen molar-refractivity contribution < 1.29 is 9.59 Å². The molecule has 2 heterocycles. The van der Waals surface area contributed by atoms with Crippen LogP contribution >= 0.6 is 0 Å². The third kappa shape index (κ3) is 3.53. The number of nitrogens with zero attached hydrogens (tertiary/aromatic N) is 2. The van der Waals surface area contributed by atoms with E-state index in [9.17, 15) is 9.59 Å². The van der Waals surface area contributed by atoms with E-state index in [4.69, 9.17) is 5.73 Å². The average molecular weight is 330 g/mol. The predicted octanol–water partition coefficient (Wildman–Crippen LogP) is 0.813. The molecule has 0 atom stereocenters. The van der Waals surface area contributed by atoms with Crippen molar-refractivity contribution in [2.75, 3.05) is 6.54 Å². The third-order valence-electron chi connectivity index (χ3n) is 4.37. The number of hydrogen-bond donors (Lipinski definition) is 4. The molecule has 0 spiro atoms. The van der Waals surface area contributed by atoms with E-state index in [2.05, 4.69) is 25.8 Å². The maximum absolute atomic E-state index is 12.6. The van der Waals surface area contributed by atoms with Gasteiger partial charge in [0.05, 0.1) is 17.9 Å². The van der Waals surface area contributed by atoms with E-state index in [1.165, 1.54) is 0 Å². The second-order valence-electron chi connectivity index (χ2n) is 6.21. The van der Waals surface area contributed by atoms with Crippen molar-refractivity contribution >= 4 is 22.7 Å². The number of pyridine rings is 1. The Morgan fingerprint density at radius 3 is 2.75 bits per heavy atom. The van der Waals surface area contributed by atoms with Crippen LogP contribution in [0.1, 0.15) is 49.0 Å². The number of hydrogen-bond acceptors (Lipinski definition) is 5. The number of amides is 2. The van der Waals surface area contributed by atoms with Gasteiger partial charge in [0, 0.05) is 18.4 Å². The molecular weight excluding hydrogens is 308 g/mol. The van der Waals surface area contributed by atoms with E-state index in [1.54, 1.807) is 18.5 Å². The Balaban J connectivity index is 1.77. The molecule has 0 bridgehead atoms. The Hall–Kier alpha value is -2.48. The monoisotopic (exact) mass is 330 g/mol. The largest absolute Gasteiger partial charge is 0.333 e. The molecule has 0 aromatic carbocycles. The lowest BCUT2D eigenvalue weighted by Crippen LogP contribution is -2.61. The molecule has 128 valence electrons. The second kappa shape index (κ2) is 6.96. The lowest BCUT2D eigenvalue weighted by atomic mass is 9.88. The van der Waals surface area contributed by atoms with Crippen LogP contribution < -0.4 is 16.4 Å². The minimum atomic E-state index is -0.714. The molecule has 1 fully saturated rings. The van der Waals surface area contributed by atoms with Crippen molar-refractivity contribution in [2.24, 2.45) is 5.73 Å². The first-order valence-corrected chi connectivity index (χ1v) is 8.25. The molecule has 5 N–H and O–H groups in total. The van der Waals surface area contributed by atoms with Gasteiger partial charge in [-0.25, -0.2) is 4.98 Å². The molecule has 1 saturated carbocycles. The Morgan fingerprint density at radius 1 is 1.21 bits per heavy atom. The highest BCUT2D eigenvalue weighted by Crippen LogP contribution is 2.26. The van der Waals surface area contributed by atoms with Crippen LogP contribution in [0.3, 0.4) is 0 Å². The zero-order chi connectivity index (χ0) is 17.0. The molecule has 8 nitrogen and oxygen atoms in total. The molecule has 2 aromatic heterocycles. The fourth-order valence-corrected chi connectivity index (χ4v) is 3.15. The highest BCUT2D eigenvalue weighted by Gasteiger charge is 2.35. The molecule has 1 aliphatic carbocycles. The van der Waals surface area contributed by atoms with Crippen molar-refractivity contribution in [3.8, 4) is 0 Å². The number of carbonyl (C=O) groups excluding carboxylic acids is 2. The van der Waals surface area contributed by atoms with E-state index in [0.717, 1.165) is 30.2 Å². The second-order valence-corrected chi connectivity index (χ2v) is 6.21. The summed E-state index contributed by atoms with van der Waals surface area (Å²) in [5.41, 5.74) is 5.81. The fourth-order valence-electron chi connectivity index (χ4n) is 3.15. The molecule has 24 heavy (non-hydrogen) atoms. The van der Waals surface area contributed by atoms with Gasteiger partial charge in [-0.2, -0.15) is 5.10 Å². The SMILES string of the molecule is NCCC(=O)NC1(NC(=O)c2cc3cn[nH]c3cn2)CCCCC1. The molecule has 0 saturated heterocycles. The van der Waals surface area contributed by atoms with Gasteiger partial charge in [0.1, 0.15) is 11.4 Å². The van der Waals surface area contributed by atoms with Crippen molar-refractivity contribution in [3.63, 3.8) is 0 Å². The van der Waals surface area contributed by atoms with Crippen LogP contribution in [0.5, 0.6) is 0 Å². The number of aromatic amines is 1. The van der Waals surface area contributed by atoms with Crippen LogP contribution in [-0.4, -0.2) is 39.2 Å². The van der Waals surface area contributed by atoms with Gasteiger partial charge in [-0.1, -0.05) is 6.42 Å². The molecule has 0 unspecified atom stereocenters. The fraction of sp³-hybridized carbons (Fsp3) is 0.500. The van der Waals surface area contributed by atoms with Crippen molar-refractivity contribution in [2.45, 2.75) is 44.2 Å². The Labute approximate surface area is 139 Å². The first-order valence-electron chi connectivity index (χ1n) is 8.25. The van der Waals surface area contributed by atoms with Gasteiger partial charge in [0.2, 0.25) is 5.91 Å². The van der Waals surface area contributed by atoms with Gasteiger partial charge >= 0.3 is 0 Å².